The number of ether oxygens (including phenoxy) is 1. The Hall–Kier alpha value is -2.05. The fourth-order valence-electron chi connectivity index (χ4n) is 2.93. The summed E-state index contributed by atoms with van der Waals surface area (Å²) in [5.41, 5.74) is 1.10. The standard InChI is InChI=1S/C21H27NO4S/c1-3-26-21(25)19(13-23)22-20(24)17(14-27-4-2)12-16-10-7-9-15-8-5-6-11-18(15)16/h5-11,17,19,23H,3-4,12-14H2,1-2H3,(H,22,24)/t17-,19+/m1/s1. The molecule has 2 atom stereocenters. The van der Waals surface area contributed by atoms with Crippen LogP contribution in [0.1, 0.15) is 19.4 Å². The second-order valence-electron chi connectivity index (χ2n) is 6.19. The van der Waals surface area contributed by atoms with E-state index in [0.717, 1.165) is 22.1 Å². The van der Waals surface area contributed by atoms with Crippen molar-refractivity contribution in [1.29, 1.82) is 0 Å². The van der Waals surface area contributed by atoms with Gasteiger partial charge in [-0.2, -0.15) is 11.8 Å². The highest BCUT2D eigenvalue weighted by Gasteiger charge is 2.26. The highest BCUT2D eigenvalue weighted by atomic mass is 32.2. The molecule has 6 heteroatoms. The number of hydrogen-bond acceptors (Lipinski definition) is 5. The van der Waals surface area contributed by atoms with Crippen LogP contribution in [-0.2, 0) is 20.7 Å². The largest absolute Gasteiger partial charge is 0.464 e. The smallest absolute Gasteiger partial charge is 0.331 e. The molecule has 0 saturated heterocycles. The number of fused-ring (bicyclic) bond motifs is 1. The number of hydrogen-bond donors (Lipinski definition) is 2. The van der Waals surface area contributed by atoms with E-state index < -0.39 is 18.6 Å². The second-order valence-corrected chi connectivity index (χ2v) is 7.51. The second kappa shape index (κ2) is 10.9. The minimum absolute atomic E-state index is 0.205. The quantitative estimate of drug-likeness (QED) is 0.611. The number of esters is 1. The predicted octanol–water partition coefficient (Wildman–Crippen LogP) is 2.79. The average molecular weight is 390 g/mol. The van der Waals surface area contributed by atoms with Gasteiger partial charge in [-0.3, -0.25) is 4.79 Å². The summed E-state index contributed by atoms with van der Waals surface area (Å²) in [5.74, 6) is 0.397. The molecule has 0 saturated carbocycles. The van der Waals surface area contributed by atoms with Crippen LogP contribution in [0.2, 0.25) is 0 Å². The van der Waals surface area contributed by atoms with E-state index in [1.807, 2.05) is 31.2 Å². The van der Waals surface area contributed by atoms with Gasteiger partial charge in [0.1, 0.15) is 0 Å². The summed E-state index contributed by atoms with van der Waals surface area (Å²) in [6, 6.07) is 13.1. The Kier molecular flexibility index (Phi) is 8.61. The molecule has 0 aliphatic heterocycles. The lowest BCUT2D eigenvalue weighted by Crippen LogP contribution is -2.47. The lowest BCUT2D eigenvalue weighted by atomic mass is 9.95. The molecule has 0 bridgehead atoms. The summed E-state index contributed by atoms with van der Waals surface area (Å²) in [4.78, 5) is 24.7. The third-order valence-corrected chi connectivity index (χ3v) is 5.36. The maximum Gasteiger partial charge on any atom is 0.331 e. The predicted molar refractivity (Wildman–Crippen MR) is 110 cm³/mol. The van der Waals surface area contributed by atoms with Crippen molar-refractivity contribution in [3.05, 3.63) is 48.0 Å². The third kappa shape index (κ3) is 5.97. The van der Waals surface area contributed by atoms with Crippen molar-refractivity contribution in [3.8, 4) is 0 Å². The molecule has 1 amide bonds. The Bertz CT molecular complexity index is 759. The van der Waals surface area contributed by atoms with Gasteiger partial charge >= 0.3 is 5.97 Å². The average Bonchev–Trinajstić information content (AvgIpc) is 2.69. The van der Waals surface area contributed by atoms with Gasteiger partial charge < -0.3 is 15.2 Å². The highest BCUT2D eigenvalue weighted by Crippen LogP contribution is 2.23. The van der Waals surface area contributed by atoms with Gasteiger partial charge in [-0.1, -0.05) is 49.4 Å². The first kappa shape index (κ1) is 21.3. The Morgan fingerprint density at radius 2 is 1.89 bits per heavy atom. The van der Waals surface area contributed by atoms with E-state index in [4.69, 9.17) is 4.74 Å². The number of carbonyl (C=O) groups excluding carboxylic acids is 2. The van der Waals surface area contributed by atoms with Crippen LogP contribution in [0.3, 0.4) is 0 Å². The van der Waals surface area contributed by atoms with Crippen molar-refractivity contribution in [2.24, 2.45) is 5.92 Å². The molecule has 2 rings (SSSR count). The number of aliphatic hydroxyl groups is 1. The number of amides is 1. The fourth-order valence-corrected chi connectivity index (χ4v) is 3.72. The molecule has 0 fully saturated rings. The molecule has 0 radical (unpaired) electrons. The molecule has 0 aliphatic rings. The number of nitrogens with one attached hydrogen (secondary N) is 1. The van der Waals surface area contributed by atoms with E-state index in [-0.39, 0.29) is 18.4 Å². The normalized spacial score (nSPS) is 13.1. The van der Waals surface area contributed by atoms with Crippen molar-refractivity contribution < 1.29 is 19.4 Å². The van der Waals surface area contributed by atoms with Gasteiger partial charge in [0.25, 0.3) is 0 Å². The van der Waals surface area contributed by atoms with E-state index in [9.17, 15) is 14.7 Å². The monoisotopic (exact) mass is 389 g/mol. The molecule has 0 aromatic heterocycles. The van der Waals surface area contributed by atoms with Gasteiger partial charge in [0.15, 0.2) is 6.04 Å². The van der Waals surface area contributed by atoms with Crippen LogP contribution in [0.15, 0.2) is 42.5 Å². The molecular formula is C21H27NO4S. The van der Waals surface area contributed by atoms with Crippen LogP contribution < -0.4 is 5.32 Å². The van der Waals surface area contributed by atoms with Gasteiger partial charge in [-0.15, -0.1) is 0 Å². The van der Waals surface area contributed by atoms with Crippen molar-refractivity contribution in [2.45, 2.75) is 26.3 Å². The van der Waals surface area contributed by atoms with E-state index in [0.29, 0.717) is 12.2 Å². The first-order chi connectivity index (χ1) is 13.1. The summed E-state index contributed by atoms with van der Waals surface area (Å²) in [7, 11) is 0. The zero-order valence-corrected chi connectivity index (χ0v) is 16.6. The number of aliphatic hydroxyl groups excluding tert-OH is 1. The number of benzene rings is 2. The fraction of sp³-hybridized carbons (Fsp3) is 0.429. The molecular weight excluding hydrogens is 362 g/mol. The SMILES string of the molecule is CCOC(=O)[C@H](CO)NC(=O)[C@@H](CSCC)Cc1cccc2ccccc12. The first-order valence-corrected chi connectivity index (χ1v) is 10.4. The van der Waals surface area contributed by atoms with Crippen molar-refractivity contribution in [3.63, 3.8) is 0 Å². The molecule has 2 N–H and O–H groups in total. The van der Waals surface area contributed by atoms with Crippen molar-refractivity contribution in [1.82, 2.24) is 5.32 Å². The zero-order valence-electron chi connectivity index (χ0n) is 15.8. The molecule has 0 spiro atoms. The van der Waals surface area contributed by atoms with Crippen molar-refractivity contribution >= 4 is 34.4 Å². The molecule has 0 unspecified atom stereocenters. The van der Waals surface area contributed by atoms with E-state index in [1.54, 1.807) is 18.7 Å². The van der Waals surface area contributed by atoms with Crippen LogP contribution in [0, 0.1) is 5.92 Å². The molecule has 0 heterocycles. The molecule has 0 aliphatic carbocycles. The van der Waals surface area contributed by atoms with Gasteiger partial charge in [-0.05, 0) is 35.4 Å². The maximum absolute atomic E-state index is 12.8. The minimum atomic E-state index is -1.03. The van der Waals surface area contributed by atoms with E-state index >= 15 is 0 Å². The van der Waals surface area contributed by atoms with Gasteiger partial charge in [0.05, 0.1) is 19.1 Å². The molecule has 5 nitrogen and oxygen atoms in total. The molecule has 146 valence electrons. The van der Waals surface area contributed by atoms with Crippen LogP contribution in [-0.4, -0.2) is 47.7 Å². The maximum atomic E-state index is 12.8. The van der Waals surface area contributed by atoms with Gasteiger partial charge in [0.2, 0.25) is 5.91 Å². The number of thioether (sulfide) groups is 1. The highest BCUT2D eigenvalue weighted by molar-refractivity contribution is 7.99. The third-order valence-electron chi connectivity index (χ3n) is 4.31. The number of rotatable bonds is 10. The van der Waals surface area contributed by atoms with Gasteiger partial charge in [0, 0.05) is 5.75 Å². The Labute approximate surface area is 164 Å². The molecule has 2 aromatic carbocycles. The summed E-state index contributed by atoms with van der Waals surface area (Å²) < 4.78 is 4.91. The molecule has 27 heavy (non-hydrogen) atoms. The van der Waals surface area contributed by atoms with Crippen LogP contribution in [0.5, 0.6) is 0 Å². The summed E-state index contributed by atoms with van der Waals surface area (Å²) >= 11 is 1.68. The lowest BCUT2D eigenvalue weighted by Gasteiger charge is -2.21. The summed E-state index contributed by atoms with van der Waals surface area (Å²) in [5, 5.41) is 14.4. The van der Waals surface area contributed by atoms with Gasteiger partial charge in [-0.25, -0.2) is 4.79 Å². The topological polar surface area (TPSA) is 75.6 Å². The van der Waals surface area contributed by atoms with E-state index in [2.05, 4.69) is 23.5 Å². The van der Waals surface area contributed by atoms with Crippen LogP contribution in [0.25, 0.3) is 10.8 Å². The summed E-state index contributed by atoms with van der Waals surface area (Å²) in [6.45, 7) is 3.46. The Morgan fingerprint density at radius 1 is 1.15 bits per heavy atom. The first-order valence-electron chi connectivity index (χ1n) is 9.22. The van der Waals surface area contributed by atoms with Crippen molar-refractivity contribution in [2.75, 3.05) is 24.7 Å². The number of carbonyl (C=O) groups is 2. The van der Waals surface area contributed by atoms with Crippen LogP contribution in [0.4, 0.5) is 0 Å². The van der Waals surface area contributed by atoms with Crippen LogP contribution >= 0.6 is 11.8 Å². The zero-order chi connectivity index (χ0) is 19.6. The van der Waals surface area contributed by atoms with E-state index in [1.165, 1.54) is 0 Å². The summed E-state index contributed by atoms with van der Waals surface area (Å²) in [6.07, 6.45) is 0.571. The molecule has 2 aromatic rings. The minimum Gasteiger partial charge on any atom is -0.464 e. The Balaban J connectivity index is 2.18. The lowest BCUT2D eigenvalue weighted by molar-refractivity contribution is -0.148. The Morgan fingerprint density at radius 3 is 2.59 bits per heavy atom.